The maximum atomic E-state index is 12.6. The lowest BCUT2D eigenvalue weighted by Gasteiger charge is -2.21. The molecule has 1 saturated heterocycles. The Bertz CT molecular complexity index is 801. The van der Waals surface area contributed by atoms with E-state index >= 15 is 0 Å². The summed E-state index contributed by atoms with van der Waals surface area (Å²) >= 11 is 5.90. The molecule has 0 aliphatic carbocycles. The number of anilines is 3. The van der Waals surface area contributed by atoms with Crippen LogP contribution in [-0.4, -0.2) is 31.4 Å². The zero-order chi connectivity index (χ0) is 19.4. The van der Waals surface area contributed by atoms with E-state index in [4.69, 9.17) is 11.6 Å². The average Bonchev–Trinajstić information content (AvgIpc) is 3.06. The number of amides is 2. The second-order valence-electron chi connectivity index (χ2n) is 6.59. The number of nitrogens with one attached hydrogen (secondary N) is 1. The van der Waals surface area contributed by atoms with E-state index in [1.54, 1.807) is 29.2 Å². The van der Waals surface area contributed by atoms with Gasteiger partial charge in [-0.2, -0.15) is 0 Å². The summed E-state index contributed by atoms with van der Waals surface area (Å²) in [6.07, 6.45) is 0.214. The first-order valence-corrected chi connectivity index (χ1v) is 9.61. The molecule has 1 N–H and O–H groups in total. The van der Waals surface area contributed by atoms with Crippen LogP contribution in [0.1, 0.15) is 20.3 Å². The molecule has 0 saturated carbocycles. The van der Waals surface area contributed by atoms with E-state index in [0.29, 0.717) is 11.6 Å². The summed E-state index contributed by atoms with van der Waals surface area (Å²) in [7, 11) is 0. The van der Waals surface area contributed by atoms with Crippen LogP contribution in [0.2, 0.25) is 5.02 Å². The Labute approximate surface area is 164 Å². The first kappa shape index (κ1) is 19.2. The fourth-order valence-electron chi connectivity index (χ4n) is 3.34. The zero-order valence-electron chi connectivity index (χ0n) is 15.6. The lowest BCUT2D eigenvalue weighted by atomic mass is 10.1. The van der Waals surface area contributed by atoms with Gasteiger partial charge in [-0.3, -0.25) is 9.59 Å². The number of nitrogens with zero attached hydrogens (tertiary/aromatic N) is 2. The third-order valence-corrected chi connectivity index (χ3v) is 5.15. The van der Waals surface area contributed by atoms with Crippen LogP contribution in [0.5, 0.6) is 0 Å². The van der Waals surface area contributed by atoms with Crippen molar-refractivity contribution in [2.24, 2.45) is 5.92 Å². The fraction of sp³-hybridized carbons (Fsp3) is 0.333. The number of carbonyl (C=O) groups is 2. The molecule has 142 valence electrons. The molecule has 1 atom stereocenters. The lowest BCUT2D eigenvalue weighted by molar-refractivity contribution is -0.122. The minimum absolute atomic E-state index is 0.0469. The predicted molar refractivity (Wildman–Crippen MR) is 111 cm³/mol. The van der Waals surface area contributed by atoms with Crippen molar-refractivity contribution < 1.29 is 9.59 Å². The van der Waals surface area contributed by atoms with E-state index in [9.17, 15) is 9.59 Å². The monoisotopic (exact) mass is 385 g/mol. The average molecular weight is 386 g/mol. The number of carbonyl (C=O) groups excluding carboxylic acids is 2. The first-order chi connectivity index (χ1) is 13.0. The van der Waals surface area contributed by atoms with Gasteiger partial charge in [0.15, 0.2) is 0 Å². The van der Waals surface area contributed by atoms with Crippen molar-refractivity contribution in [1.29, 1.82) is 0 Å². The van der Waals surface area contributed by atoms with Gasteiger partial charge in [-0.05, 0) is 62.4 Å². The van der Waals surface area contributed by atoms with Crippen molar-refractivity contribution in [3.63, 3.8) is 0 Å². The summed E-state index contributed by atoms with van der Waals surface area (Å²) in [4.78, 5) is 28.8. The van der Waals surface area contributed by atoms with Gasteiger partial charge in [-0.1, -0.05) is 11.6 Å². The molecule has 0 bridgehead atoms. The molecule has 1 aliphatic heterocycles. The maximum absolute atomic E-state index is 12.6. The summed E-state index contributed by atoms with van der Waals surface area (Å²) in [5, 5.41) is 3.55. The molecule has 0 aromatic heterocycles. The smallest absolute Gasteiger partial charge is 0.229 e. The molecule has 5 nitrogen and oxygen atoms in total. The quantitative estimate of drug-likeness (QED) is 0.811. The molecular weight excluding hydrogens is 362 g/mol. The molecule has 0 radical (unpaired) electrons. The van der Waals surface area contributed by atoms with Gasteiger partial charge in [0.1, 0.15) is 0 Å². The molecule has 1 heterocycles. The van der Waals surface area contributed by atoms with Crippen LogP contribution in [-0.2, 0) is 9.59 Å². The Morgan fingerprint density at radius 2 is 1.74 bits per heavy atom. The van der Waals surface area contributed by atoms with Crippen molar-refractivity contribution in [3.8, 4) is 0 Å². The molecule has 27 heavy (non-hydrogen) atoms. The number of halogens is 1. The fourth-order valence-corrected chi connectivity index (χ4v) is 3.47. The van der Waals surface area contributed by atoms with Crippen LogP contribution in [0.3, 0.4) is 0 Å². The second-order valence-corrected chi connectivity index (χ2v) is 7.03. The zero-order valence-corrected chi connectivity index (χ0v) is 16.4. The van der Waals surface area contributed by atoms with E-state index in [2.05, 4.69) is 24.1 Å². The van der Waals surface area contributed by atoms with Crippen molar-refractivity contribution in [2.75, 3.05) is 34.8 Å². The molecule has 0 spiro atoms. The Hall–Kier alpha value is -2.53. The highest BCUT2D eigenvalue weighted by Crippen LogP contribution is 2.27. The Balaban J connectivity index is 1.63. The molecule has 3 rings (SSSR count). The van der Waals surface area contributed by atoms with Crippen LogP contribution in [0.15, 0.2) is 48.5 Å². The Morgan fingerprint density at radius 3 is 2.33 bits per heavy atom. The van der Waals surface area contributed by atoms with Crippen LogP contribution < -0.4 is 15.1 Å². The van der Waals surface area contributed by atoms with Gasteiger partial charge in [0.25, 0.3) is 0 Å². The third kappa shape index (κ3) is 4.42. The minimum Gasteiger partial charge on any atom is -0.372 e. The summed E-state index contributed by atoms with van der Waals surface area (Å²) in [6.45, 7) is 6.48. The van der Waals surface area contributed by atoms with Crippen molar-refractivity contribution in [3.05, 3.63) is 53.6 Å². The minimum atomic E-state index is -0.365. The van der Waals surface area contributed by atoms with E-state index < -0.39 is 0 Å². The van der Waals surface area contributed by atoms with Crippen LogP contribution in [0.25, 0.3) is 0 Å². The molecule has 6 heteroatoms. The van der Waals surface area contributed by atoms with Crippen LogP contribution >= 0.6 is 11.6 Å². The largest absolute Gasteiger partial charge is 0.372 e. The standard InChI is InChI=1S/C21H24ClN3O2/c1-3-24(4-2)18-11-7-17(8-12-18)23-21(27)15-13-20(26)25(14-15)19-9-5-16(22)6-10-19/h5-12,15H,3-4,13-14H2,1-2H3,(H,23,27). The molecule has 1 unspecified atom stereocenters. The van der Waals surface area contributed by atoms with Gasteiger partial charge in [0.05, 0.1) is 5.92 Å². The van der Waals surface area contributed by atoms with Gasteiger partial charge in [0.2, 0.25) is 11.8 Å². The number of rotatable bonds is 6. The predicted octanol–water partition coefficient (Wildman–Crippen LogP) is 4.18. The van der Waals surface area contributed by atoms with Crippen LogP contribution in [0.4, 0.5) is 17.1 Å². The van der Waals surface area contributed by atoms with Crippen molar-refractivity contribution >= 4 is 40.5 Å². The molecule has 2 amide bonds. The molecule has 1 aliphatic rings. The van der Waals surface area contributed by atoms with Crippen molar-refractivity contribution in [1.82, 2.24) is 0 Å². The number of benzene rings is 2. The summed E-state index contributed by atoms with van der Waals surface area (Å²) in [5.41, 5.74) is 2.64. The van der Waals surface area contributed by atoms with Gasteiger partial charge in [-0.15, -0.1) is 0 Å². The third-order valence-electron chi connectivity index (χ3n) is 4.90. The normalized spacial score (nSPS) is 16.5. The summed E-state index contributed by atoms with van der Waals surface area (Å²) < 4.78 is 0. The second kappa shape index (κ2) is 8.44. The molecular formula is C21H24ClN3O2. The van der Waals surface area contributed by atoms with E-state index in [-0.39, 0.29) is 24.2 Å². The van der Waals surface area contributed by atoms with E-state index in [1.165, 1.54) is 0 Å². The molecule has 2 aromatic carbocycles. The van der Waals surface area contributed by atoms with Gasteiger partial charge in [0, 0.05) is 48.1 Å². The Morgan fingerprint density at radius 1 is 1.11 bits per heavy atom. The molecule has 2 aromatic rings. The highest BCUT2D eigenvalue weighted by Gasteiger charge is 2.35. The number of hydrogen-bond acceptors (Lipinski definition) is 3. The number of hydrogen-bond donors (Lipinski definition) is 1. The Kier molecular flexibility index (Phi) is 6.01. The van der Waals surface area contributed by atoms with Crippen LogP contribution in [0, 0.1) is 5.92 Å². The van der Waals surface area contributed by atoms with E-state index in [0.717, 1.165) is 30.2 Å². The SMILES string of the molecule is CCN(CC)c1ccc(NC(=O)C2CC(=O)N(c3ccc(Cl)cc3)C2)cc1. The highest BCUT2D eigenvalue weighted by molar-refractivity contribution is 6.30. The summed E-state index contributed by atoms with van der Waals surface area (Å²) in [5.74, 6) is -0.541. The van der Waals surface area contributed by atoms with Crippen molar-refractivity contribution in [2.45, 2.75) is 20.3 Å². The first-order valence-electron chi connectivity index (χ1n) is 9.23. The maximum Gasteiger partial charge on any atom is 0.229 e. The lowest BCUT2D eigenvalue weighted by Crippen LogP contribution is -2.28. The van der Waals surface area contributed by atoms with E-state index in [1.807, 2.05) is 24.3 Å². The highest BCUT2D eigenvalue weighted by atomic mass is 35.5. The molecule has 1 fully saturated rings. The van der Waals surface area contributed by atoms with Gasteiger partial charge >= 0.3 is 0 Å². The van der Waals surface area contributed by atoms with Gasteiger partial charge in [-0.25, -0.2) is 0 Å². The topological polar surface area (TPSA) is 52.7 Å². The summed E-state index contributed by atoms with van der Waals surface area (Å²) in [6, 6.07) is 14.9. The van der Waals surface area contributed by atoms with Gasteiger partial charge < -0.3 is 15.1 Å².